The van der Waals surface area contributed by atoms with E-state index in [1.54, 1.807) is 0 Å². The predicted octanol–water partition coefficient (Wildman–Crippen LogP) is 8.15. The zero-order chi connectivity index (χ0) is 25.7. The van der Waals surface area contributed by atoms with E-state index in [-0.39, 0.29) is 0 Å². The molecule has 2 aliphatic heterocycles. The normalized spacial score (nSPS) is 18.2. The van der Waals surface area contributed by atoms with Gasteiger partial charge in [-0.15, -0.1) is 0 Å². The van der Waals surface area contributed by atoms with E-state index in [0.717, 1.165) is 34.2 Å². The summed E-state index contributed by atoms with van der Waals surface area (Å²) < 4.78 is 0. The maximum absolute atomic E-state index is 4.90. The molecule has 4 heterocycles. The van der Waals surface area contributed by atoms with Gasteiger partial charge in [0.25, 0.3) is 0 Å². The number of H-pyrrole nitrogens is 2. The number of nitrogens with zero attached hydrogens (tertiary/aromatic N) is 2. The van der Waals surface area contributed by atoms with Gasteiger partial charge in [-0.1, -0.05) is 24.3 Å². The Kier molecular flexibility index (Phi) is 5.91. The van der Waals surface area contributed by atoms with Crippen molar-refractivity contribution in [2.24, 2.45) is 9.98 Å². The minimum Gasteiger partial charge on any atom is -0.359 e. The van der Waals surface area contributed by atoms with Gasteiger partial charge < -0.3 is 9.97 Å². The lowest BCUT2D eigenvalue weighted by molar-refractivity contribution is 1.23. The zero-order valence-electron chi connectivity index (χ0n) is 22.5. The molecule has 0 saturated heterocycles. The van der Waals surface area contributed by atoms with Crippen LogP contribution in [0.4, 0.5) is 0 Å². The van der Waals surface area contributed by atoms with Crippen LogP contribution in [0.25, 0.3) is 23.3 Å². The highest BCUT2D eigenvalue weighted by Gasteiger charge is 2.22. The lowest BCUT2D eigenvalue weighted by Crippen LogP contribution is -1.97. The Hall–Kier alpha value is -3.92. The number of aromatic amines is 2. The highest BCUT2D eigenvalue weighted by atomic mass is 14.8. The number of aromatic nitrogens is 2. The van der Waals surface area contributed by atoms with Gasteiger partial charge in [0.05, 0.1) is 11.4 Å². The van der Waals surface area contributed by atoms with E-state index in [2.05, 4.69) is 114 Å². The van der Waals surface area contributed by atoms with E-state index in [1.165, 1.54) is 55.9 Å². The molecule has 0 unspecified atom stereocenters. The van der Waals surface area contributed by atoms with Crippen molar-refractivity contribution in [1.82, 2.24) is 9.97 Å². The third-order valence-electron chi connectivity index (χ3n) is 7.22. The van der Waals surface area contributed by atoms with Gasteiger partial charge in [0.15, 0.2) is 0 Å². The largest absolute Gasteiger partial charge is 0.359 e. The Morgan fingerprint density at radius 1 is 0.556 bits per heavy atom. The van der Waals surface area contributed by atoms with Crippen LogP contribution in [0.2, 0.25) is 0 Å². The molecule has 0 spiro atoms. The molecular formula is C32H34N4. The molecule has 1 aromatic carbocycles. The Labute approximate surface area is 214 Å². The molecular weight excluding hydrogens is 440 g/mol. The van der Waals surface area contributed by atoms with Crippen molar-refractivity contribution in [3.05, 3.63) is 104 Å². The number of aryl methyl sites for hydroxylation is 4. The summed E-state index contributed by atoms with van der Waals surface area (Å²) in [4.78, 5) is 16.7. The van der Waals surface area contributed by atoms with Gasteiger partial charge in [-0.2, -0.15) is 0 Å². The number of benzene rings is 1. The van der Waals surface area contributed by atoms with Gasteiger partial charge in [-0.05, 0) is 113 Å². The summed E-state index contributed by atoms with van der Waals surface area (Å²) >= 11 is 0. The van der Waals surface area contributed by atoms with Gasteiger partial charge in [-0.3, -0.25) is 9.98 Å². The molecule has 0 aliphatic carbocycles. The van der Waals surface area contributed by atoms with Gasteiger partial charge in [0.1, 0.15) is 0 Å². The van der Waals surface area contributed by atoms with Crippen LogP contribution >= 0.6 is 0 Å². The Morgan fingerprint density at radius 2 is 0.917 bits per heavy atom. The number of allylic oxidation sites excluding steroid dienone is 4. The van der Waals surface area contributed by atoms with E-state index < -0.39 is 0 Å². The second-order valence-electron chi connectivity index (χ2n) is 10.1. The van der Waals surface area contributed by atoms with Crippen LogP contribution in [0, 0.1) is 27.7 Å². The van der Waals surface area contributed by atoms with Gasteiger partial charge in [0, 0.05) is 45.3 Å². The van der Waals surface area contributed by atoms with Crippen LogP contribution < -0.4 is 0 Å². The third kappa shape index (κ3) is 4.17. The Bertz CT molecular complexity index is 1450. The van der Waals surface area contributed by atoms with Crippen LogP contribution in [0.15, 0.2) is 68.9 Å². The van der Waals surface area contributed by atoms with Crippen molar-refractivity contribution in [1.29, 1.82) is 0 Å². The molecule has 2 N–H and O–H groups in total. The van der Waals surface area contributed by atoms with Crippen molar-refractivity contribution in [2.45, 2.75) is 55.4 Å². The van der Waals surface area contributed by atoms with Crippen molar-refractivity contribution in [3.8, 4) is 0 Å². The quantitative estimate of drug-likeness (QED) is 0.383. The molecule has 0 atom stereocenters. The van der Waals surface area contributed by atoms with E-state index in [1.807, 2.05) is 0 Å². The molecule has 0 amide bonds. The van der Waals surface area contributed by atoms with Crippen LogP contribution in [0.3, 0.4) is 0 Å². The number of aliphatic imine (C=N–C) groups is 2. The monoisotopic (exact) mass is 474 g/mol. The molecule has 0 radical (unpaired) electrons. The minimum absolute atomic E-state index is 1.03. The maximum atomic E-state index is 4.90. The Morgan fingerprint density at radius 3 is 1.22 bits per heavy atom. The summed E-state index contributed by atoms with van der Waals surface area (Å²) in [7, 11) is 0. The van der Waals surface area contributed by atoms with E-state index in [4.69, 9.17) is 9.98 Å². The van der Waals surface area contributed by atoms with Crippen LogP contribution in [-0.4, -0.2) is 21.4 Å². The first kappa shape index (κ1) is 23.8. The number of hydrogen-bond donors (Lipinski definition) is 2. The molecule has 0 fully saturated rings. The summed E-state index contributed by atoms with van der Waals surface area (Å²) in [5, 5.41) is 0. The molecule has 3 aromatic rings. The minimum atomic E-state index is 1.03. The van der Waals surface area contributed by atoms with Crippen LogP contribution in [0.1, 0.15) is 72.7 Å². The maximum Gasteiger partial charge on any atom is 0.0689 e. The fraction of sp³-hybridized carbons (Fsp3) is 0.250. The SMILES string of the molecule is CC1=N/C(=C\c2[nH]c(C)cc2C)C(C)=C1c1ccc(C2=C(C)/C(=C/c3[nH]c(C)cc3C)N=C2C)cc1. The molecule has 0 bridgehead atoms. The number of hydrogen-bond acceptors (Lipinski definition) is 2. The molecule has 5 rings (SSSR count). The van der Waals surface area contributed by atoms with E-state index >= 15 is 0 Å². The third-order valence-corrected chi connectivity index (χ3v) is 7.22. The summed E-state index contributed by atoms with van der Waals surface area (Å²) in [5.41, 5.74) is 18.5. The molecule has 182 valence electrons. The van der Waals surface area contributed by atoms with Crippen molar-refractivity contribution in [2.75, 3.05) is 0 Å². The molecule has 36 heavy (non-hydrogen) atoms. The smallest absolute Gasteiger partial charge is 0.0689 e. The topological polar surface area (TPSA) is 56.3 Å². The average molecular weight is 475 g/mol. The summed E-state index contributed by atoms with van der Waals surface area (Å²) in [6, 6.07) is 13.2. The van der Waals surface area contributed by atoms with Crippen molar-refractivity contribution < 1.29 is 0 Å². The predicted molar refractivity (Wildman–Crippen MR) is 154 cm³/mol. The summed E-state index contributed by atoms with van der Waals surface area (Å²) in [5.74, 6) is 0. The summed E-state index contributed by atoms with van der Waals surface area (Å²) in [6.45, 7) is 17.0. The lowest BCUT2D eigenvalue weighted by atomic mass is 9.93. The highest BCUT2D eigenvalue weighted by molar-refractivity contribution is 6.28. The number of rotatable bonds is 4. The fourth-order valence-electron chi connectivity index (χ4n) is 5.45. The van der Waals surface area contributed by atoms with Crippen molar-refractivity contribution in [3.63, 3.8) is 0 Å². The van der Waals surface area contributed by atoms with E-state index in [0.29, 0.717) is 0 Å². The molecule has 4 nitrogen and oxygen atoms in total. The number of nitrogens with one attached hydrogen (secondary N) is 2. The first-order valence-electron chi connectivity index (χ1n) is 12.5. The van der Waals surface area contributed by atoms with Gasteiger partial charge in [0.2, 0.25) is 0 Å². The Balaban J connectivity index is 1.47. The van der Waals surface area contributed by atoms with E-state index in [9.17, 15) is 0 Å². The first-order valence-corrected chi connectivity index (χ1v) is 12.5. The standard InChI is InChI=1S/C32H34N4/c1-17-13-19(3)33-27(17)15-29-21(5)31(23(7)35-29)25-9-11-26(12-10-25)32-22(6)30(36-24(32)8)16-28-18(2)14-20(4)34-28/h9-16,33-34H,1-8H3/b29-15-,30-16-. The van der Waals surface area contributed by atoms with Crippen LogP contribution in [0.5, 0.6) is 0 Å². The summed E-state index contributed by atoms with van der Waals surface area (Å²) in [6.07, 6.45) is 4.33. The van der Waals surface area contributed by atoms with Gasteiger partial charge >= 0.3 is 0 Å². The first-order chi connectivity index (χ1) is 17.1. The molecule has 4 heteroatoms. The second-order valence-corrected chi connectivity index (χ2v) is 10.1. The zero-order valence-corrected chi connectivity index (χ0v) is 22.5. The van der Waals surface area contributed by atoms with Gasteiger partial charge in [-0.25, -0.2) is 0 Å². The molecule has 0 saturated carbocycles. The second kappa shape index (κ2) is 8.94. The lowest BCUT2D eigenvalue weighted by Gasteiger charge is -2.09. The molecule has 2 aliphatic rings. The average Bonchev–Trinajstić information content (AvgIpc) is 3.48. The highest BCUT2D eigenvalue weighted by Crippen LogP contribution is 2.37. The fourth-order valence-corrected chi connectivity index (χ4v) is 5.45. The van der Waals surface area contributed by atoms with Crippen molar-refractivity contribution >= 4 is 34.7 Å². The van der Waals surface area contributed by atoms with Crippen LogP contribution in [-0.2, 0) is 0 Å². The molecule has 2 aromatic heterocycles.